The molecule has 1 atom stereocenters. The summed E-state index contributed by atoms with van der Waals surface area (Å²) in [5.41, 5.74) is 0. The van der Waals surface area contributed by atoms with E-state index < -0.39 is 54.7 Å². The van der Waals surface area contributed by atoms with Crippen molar-refractivity contribution in [3.63, 3.8) is 0 Å². The van der Waals surface area contributed by atoms with Crippen LogP contribution in [0.3, 0.4) is 0 Å². The summed E-state index contributed by atoms with van der Waals surface area (Å²) >= 11 is -5.20. The highest BCUT2D eigenvalue weighted by atomic mass is 127. The van der Waals surface area contributed by atoms with Gasteiger partial charge in [0, 0.05) is 22.6 Å². The summed E-state index contributed by atoms with van der Waals surface area (Å²) in [6.45, 7) is 0. The molecule has 0 spiro atoms. The third-order valence-electron chi connectivity index (χ3n) is 1.34. The molecule has 0 heterocycles. The van der Waals surface area contributed by atoms with Crippen LogP contribution >= 0.6 is 22.6 Å². The second-order valence-corrected chi connectivity index (χ2v) is 4.78. The predicted molar refractivity (Wildman–Crippen MR) is 44.6 cm³/mol. The smallest absolute Gasteiger partial charge is 0.301 e. The fourth-order valence-corrected chi connectivity index (χ4v) is 1.16. The van der Waals surface area contributed by atoms with Crippen molar-refractivity contribution >= 4 is 33.7 Å². The van der Waals surface area contributed by atoms with Crippen molar-refractivity contribution in [3.8, 4) is 0 Å². The molecule has 16 heavy (non-hydrogen) atoms. The molecule has 0 amide bonds. The molecule has 0 aliphatic carbocycles. The first-order valence-electron chi connectivity index (χ1n) is 3.00. The zero-order chi connectivity index (χ0) is 13.6. The number of hydrogen-bond acceptors (Lipinski definition) is 1. The van der Waals surface area contributed by atoms with E-state index in [1.165, 1.54) is 0 Å². The average molecular weight is 392 g/mol. The van der Waals surface area contributed by atoms with E-state index >= 15 is 0 Å². The predicted octanol–water partition coefficient (Wildman–Crippen LogP) is 3.10. The number of rotatable bonds is 4. The molecule has 98 valence electrons. The van der Waals surface area contributed by atoms with Crippen LogP contribution in [0.15, 0.2) is 0 Å². The molecule has 0 saturated carbocycles. The minimum Gasteiger partial charge on any atom is -0.301 e. The third-order valence-corrected chi connectivity index (χ3v) is 2.71. The Hall–Kier alpha value is 0.280. The summed E-state index contributed by atoms with van der Waals surface area (Å²) in [4.78, 5) is 0. The van der Waals surface area contributed by atoms with Crippen molar-refractivity contribution in [2.75, 3.05) is 0 Å². The highest BCUT2D eigenvalue weighted by molar-refractivity contribution is 14.1. The molecule has 0 aromatic heterocycles. The van der Waals surface area contributed by atoms with E-state index in [-0.39, 0.29) is 0 Å². The molecule has 12 heteroatoms. The standard InChI is InChI=1S/C4HF8IO2S/c5-1(6,3(9,10)13)2(7,8)4(11,12)16(14)15/h(H,14,15). The number of hydrogen-bond donors (Lipinski definition) is 1. The Bertz CT molecular complexity index is 299. The Morgan fingerprint density at radius 2 is 1.19 bits per heavy atom. The molecular formula is C4HF8IO2S. The van der Waals surface area contributed by atoms with Gasteiger partial charge in [-0.2, -0.15) is 35.1 Å². The Labute approximate surface area is 98.8 Å². The molecule has 0 fully saturated rings. The molecule has 0 aromatic rings. The van der Waals surface area contributed by atoms with Gasteiger partial charge in [0.25, 0.3) is 0 Å². The molecule has 0 aliphatic rings. The quantitative estimate of drug-likeness (QED) is 0.346. The van der Waals surface area contributed by atoms with E-state index in [1.807, 2.05) is 0 Å². The van der Waals surface area contributed by atoms with Crippen molar-refractivity contribution < 1.29 is 43.9 Å². The van der Waals surface area contributed by atoms with Crippen LogP contribution < -0.4 is 0 Å². The zero-order valence-electron chi connectivity index (χ0n) is 6.67. The fraction of sp³-hybridized carbons (Fsp3) is 1.00. The number of alkyl halides is 9. The minimum atomic E-state index is -6.68. The maximum Gasteiger partial charge on any atom is 0.413 e. The maximum absolute atomic E-state index is 12.4. The third kappa shape index (κ3) is 2.27. The normalized spacial score (nSPS) is 17.4. The van der Waals surface area contributed by atoms with Crippen LogP contribution in [0.1, 0.15) is 0 Å². The molecule has 0 rings (SSSR count). The van der Waals surface area contributed by atoms with E-state index in [9.17, 15) is 39.3 Å². The van der Waals surface area contributed by atoms with Gasteiger partial charge in [-0.3, -0.25) is 0 Å². The van der Waals surface area contributed by atoms with E-state index in [2.05, 4.69) is 0 Å². The van der Waals surface area contributed by atoms with Gasteiger partial charge in [0.05, 0.1) is 0 Å². The van der Waals surface area contributed by atoms with Gasteiger partial charge in [0.15, 0.2) is 0 Å². The molecular weight excluding hydrogens is 391 g/mol. The van der Waals surface area contributed by atoms with E-state index in [0.29, 0.717) is 0 Å². The second-order valence-electron chi connectivity index (χ2n) is 2.41. The van der Waals surface area contributed by atoms with Gasteiger partial charge >= 0.3 is 21.0 Å². The number of halogens is 9. The van der Waals surface area contributed by atoms with Gasteiger partial charge < -0.3 is 4.55 Å². The first kappa shape index (κ1) is 16.3. The molecule has 2 nitrogen and oxygen atoms in total. The van der Waals surface area contributed by atoms with Gasteiger partial charge in [0.1, 0.15) is 0 Å². The van der Waals surface area contributed by atoms with Crippen LogP contribution in [0.25, 0.3) is 0 Å². The van der Waals surface area contributed by atoms with Gasteiger partial charge in [-0.25, -0.2) is 4.21 Å². The monoisotopic (exact) mass is 392 g/mol. The second kappa shape index (κ2) is 4.19. The summed E-state index contributed by atoms with van der Waals surface area (Å²) < 4.78 is 110. The van der Waals surface area contributed by atoms with Gasteiger partial charge in [-0.1, -0.05) is 0 Å². The first-order chi connectivity index (χ1) is 6.69. The van der Waals surface area contributed by atoms with E-state index in [0.717, 1.165) is 0 Å². The summed E-state index contributed by atoms with van der Waals surface area (Å²) in [6.07, 6.45) is 0. The van der Waals surface area contributed by atoms with Crippen LogP contribution in [-0.4, -0.2) is 29.8 Å². The van der Waals surface area contributed by atoms with E-state index in [1.54, 1.807) is 0 Å². The van der Waals surface area contributed by atoms with Crippen LogP contribution in [0.4, 0.5) is 35.1 Å². The summed E-state index contributed by atoms with van der Waals surface area (Å²) in [6, 6.07) is 0. The fourth-order valence-electron chi connectivity index (χ4n) is 0.470. The SMILES string of the molecule is O=S(O)C(F)(F)C(F)(F)C(F)(F)C(F)(F)I. The molecule has 1 N–H and O–H groups in total. The lowest BCUT2D eigenvalue weighted by molar-refractivity contribution is -0.319. The Balaban J connectivity index is 5.62. The maximum atomic E-state index is 12.4. The van der Waals surface area contributed by atoms with Gasteiger partial charge in [-0.15, -0.1) is 0 Å². The summed E-state index contributed by atoms with van der Waals surface area (Å²) in [7, 11) is 0. The van der Waals surface area contributed by atoms with Crippen LogP contribution in [-0.2, 0) is 11.1 Å². The summed E-state index contributed by atoms with van der Waals surface area (Å²) in [5, 5.41) is -6.20. The van der Waals surface area contributed by atoms with E-state index in [4.69, 9.17) is 4.55 Å². The van der Waals surface area contributed by atoms with Gasteiger partial charge in [0.2, 0.25) is 11.1 Å². The van der Waals surface area contributed by atoms with Crippen molar-refractivity contribution in [1.29, 1.82) is 0 Å². The zero-order valence-corrected chi connectivity index (χ0v) is 9.64. The lowest BCUT2D eigenvalue weighted by Crippen LogP contribution is -2.61. The highest BCUT2D eigenvalue weighted by Gasteiger charge is 2.82. The average Bonchev–Trinajstić information content (AvgIpc) is 2.00. The molecule has 0 bridgehead atoms. The molecule has 1 unspecified atom stereocenters. The molecule has 0 aromatic carbocycles. The minimum absolute atomic E-state index is 0.469. The molecule has 0 radical (unpaired) electrons. The van der Waals surface area contributed by atoms with Gasteiger partial charge in [-0.05, 0) is 0 Å². The lowest BCUT2D eigenvalue weighted by atomic mass is 10.2. The van der Waals surface area contributed by atoms with Crippen molar-refractivity contribution in [1.82, 2.24) is 0 Å². The van der Waals surface area contributed by atoms with Crippen molar-refractivity contribution in [3.05, 3.63) is 0 Å². The molecule has 0 aliphatic heterocycles. The van der Waals surface area contributed by atoms with Crippen LogP contribution in [0.2, 0.25) is 0 Å². The van der Waals surface area contributed by atoms with Crippen molar-refractivity contribution in [2.24, 2.45) is 0 Å². The lowest BCUT2D eigenvalue weighted by Gasteiger charge is -2.32. The Kier molecular flexibility index (Phi) is 4.26. The summed E-state index contributed by atoms with van der Waals surface area (Å²) in [5.74, 6) is -13.2. The van der Waals surface area contributed by atoms with Crippen LogP contribution in [0, 0.1) is 0 Å². The molecule has 0 saturated heterocycles. The largest absolute Gasteiger partial charge is 0.413 e. The first-order valence-corrected chi connectivity index (χ1v) is 5.19. The Morgan fingerprint density at radius 3 is 1.38 bits per heavy atom. The topological polar surface area (TPSA) is 37.3 Å². The van der Waals surface area contributed by atoms with Crippen LogP contribution in [0.5, 0.6) is 0 Å². The Morgan fingerprint density at radius 1 is 0.875 bits per heavy atom. The van der Waals surface area contributed by atoms with Crippen molar-refractivity contribution in [2.45, 2.75) is 21.0 Å². The highest BCUT2D eigenvalue weighted by Crippen LogP contribution is 2.55.